The van der Waals surface area contributed by atoms with E-state index in [9.17, 15) is 4.79 Å². The van der Waals surface area contributed by atoms with Gasteiger partial charge in [0, 0.05) is 26.8 Å². The zero-order valence-electron chi connectivity index (χ0n) is 14.4. The molecule has 6 heteroatoms. The third-order valence-electron chi connectivity index (χ3n) is 4.33. The molecule has 3 rings (SSSR count). The van der Waals surface area contributed by atoms with Crippen LogP contribution in [0.15, 0.2) is 35.2 Å². The first-order chi connectivity index (χ1) is 12.0. The van der Waals surface area contributed by atoms with Crippen LogP contribution in [0.25, 0.3) is 0 Å². The number of halogens is 1. The van der Waals surface area contributed by atoms with Gasteiger partial charge in [-0.3, -0.25) is 4.79 Å². The van der Waals surface area contributed by atoms with E-state index < -0.39 is 0 Å². The van der Waals surface area contributed by atoms with Gasteiger partial charge >= 0.3 is 0 Å². The second-order valence-corrected chi connectivity index (χ2v) is 7.42. The lowest BCUT2D eigenvalue weighted by Gasteiger charge is -2.26. The van der Waals surface area contributed by atoms with E-state index >= 15 is 0 Å². The van der Waals surface area contributed by atoms with Gasteiger partial charge < -0.3 is 14.8 Å². The maximum Gasteiger partial charge on any atom is 0.252 e. The Morgan fingerprint density at radius 2 is 1.88 bits per heavy atom. The third kappa shape index (κ3) is 3.72. The molecule has 0 aliphatic carbocycles. The minimum Gasteiger partial charge on any atom is -0.496 e. The van der Waals surface area contributed by atoms with Crippen molar-refractivity contribution in [3.05, 3.63) is 52.0 Å². The monoisotopic (exact) mass is 377 g/mol. The molecule has 4 nitrogen and oxygen atoms in total. The van der Waals surface area contributed by atoms with E-state index in [0.717, 1.165) is 23.3 Å². The minimum absolute atomic E-state index is 0.0549. The van der Waals surface area contributed by atoms with Crippen LogP contribution in [0, 0.1) is 6.92 Å². The number of amides is 1. The fourth-order valence-electron chi connectivity index (χ4n) is 2.97. The van der Waals surface area contributed by atoms with E-state index in [0.29, 0.717) is 22.1 Å². The molecule has 1 aliphatic heterocycles. The SMILES string of the molecule is COc1cc(C(=O)NC2CCSc3ccc(Cl)cc32)cc(OC)c1C. The number of benzene rings is 2. The first-order valence-corrected chi connectivity index (χ1v) is 9.35. The lowest BCUT2D eigenvalue weighted by atomic mass is 10.0. The molecule has 0 aromatic heterocycles. The van der Waals surface area contributed by atoms with E-state index in [2.05, 4.69) is 5.32 Å². The number of fused-ring (bicyclic) bond motifs is 1. The van der Waals surface area contributed by atoms with Gasteiger partial charge in [-0.05, 0) is 49.2 Å². The van der Waals surface area contributed by atoms with Gasteiger partial charge in [0.05, 0.1) is 20.3 Å². The Bertz CT molecular complexity index is 784. The van der Waals surface area contributed by atoms with Crippen LogP contribution in [0.2, 0.25) is 5.02 Å². The summed E-state index contributed by atoms with van der Waals surface area (Å²) >= 11 is 7.93. The Labute approximate surface area is 156 Å². The summed E-state index contributed by atoms with van der Waals surface area (Å²) in [6, 6.07) is 9.25. The molecule has 1 heterocycles. The summed E-state index contributed by atoms with van der Waals surface area (Å²) in [5, 5.41) is 3.80. The molecule has 0 bridgehead atoms. The molecule has 2 aromatic carbocycles. The lowest BCUT2D eigenvalue weighted by Crippen LogP contribution is -2.30. The van der Waals surface area contributed by atoms with Crippen LogP contribution >= 0.6 is 23.4 Å². The van der Waals surface area contributed by atoms with E-state index in [1.54, 1.807) is 38.1 Å². The van der Waals surface area contributed by atoms with Gasteiger partial charge in [-0.15, -0.1) is 11.8 Å². The Balaban J connectivity index is 1.88. The Kier molecular flexibility index (Phi) is 5.45. The van der Waals surface area contributed by atoms with Crippen molar-refractivity contribution in [2.45, 2.75) is 24.3 Å². The highest BCUT2D eigenvalue weighted by Gasteiger charge is 2.24. The maximum absolute atomic E-state index is 12.8. The number of carbonyl (C=O) groups is 1. The molecule has 0 spiro atoms. The molecule has 0 radical (unpaired) electrons. The van der Waals surface area contributed by atoms with Crippen molar-refractivity contribution in [1.29, 1.82) is 0 Å². The first kappa shape index (κ1) is 18.0. The second kappa shape index (κ2) is 7.58. The predicted molar refractivity (Wildman–Crippen MR) is 101 cm³/mol. The number of rotatable bonds is 4. The first-order valence-electron chi connectivity index (χ1n) is 7.99. The number of nitrogens with one attached hydrogen (secondary N) is 1. The number of carbonyl (C=O) groups excluding carboxylic acids is 1. The summed E-state index contributed by atoms with van der Waals surface area (Å²) in [6.45, 7) is 1.90. The van der Waals surface area contributed by atoms with Gasteiger partial charge in [0.2, 0.25) is 0 Å². The predicted octanol–water partition coefficient (Wildman–Crippen LogP) is 4.63. The van der Waals surface area contributed by atoms with E-state index in [4.69, 9.17) is 21.1 Å². The molecule has 132 valence electrons. The van der Waals surface area contributed by atoms with Gasteiger partial charge in [0.1, 0.15) is 11.5 Å². The van der Waals surface area contributed by atoms with Crippen LogP contribution in [-0.4, -0.2) is 25.9 Å². The van der Waals surface area contributed by atoms with Crippen molar-refractivity contribution in [1.82, 2.24) is 5.32 Å². The van der Waals surface area contributed by atoms with Crippen LogP contribution in [0.5, 0.6) is 11.5 Å². The number of methoxy groups -OCH3 is 2. The standard InChI is InChI=1S/C19H20ClNO3S/c1-11-16(23-2)8-12(9-17(11)24-3)19(22)21-15-6-7-25-18-5-4-13(20)10-14(15)18/h4-5,8-10,15H,6-7H2,1-3H3,(H,21,22). The zero-order chi connectivity index (χ0) is 18.0. The van der Waals surface area contributed by atoms with E-state index in [-0.39, 0.29) is 11.9 Å². The highest BCUT2D eigenvalue weighted by atomic mass is 35.5. The van der Waals surface area contributed by atoms with Crippen molar-refractivity contribution in [3.8, 4) is 11.5 Å². The lowest BCUT2D eigenvalue weighted by molar-refractivity contribution is 0.0934. The molecule has 2 aromatic rings. The van der Waals surface area contributed by atoms with Crippen molar-refractivity contribution < 1.29 is 14.3 Å². The molecule has 1 unspecified atom stereocenters. The molecule has 1 atom stereocenters. The van der Waals surface area contributed by atoms with Gasteiger partial charge in [-0.1, -0.05) is 11.6 Å². The molecule has 1 aliphatic rings. The maximum atomic E-state index is 12.8. The Morgan fingerprint density at radius 1 is 1.20 bits per heavy atom. The van der Waals surface area contributed by atoms with Crippen LogP contribution in [-0.2, 0) is 0 Å². The summed E-state index contributed by atoms with van der Waals surface area (Å²) in [5.41, 5.74) is 2.46. The van der Waals surface area contributed by atoms with Crippen LogP contribution in [0.3, 0.4) is 0 Å². The molecule has 25 heavy (non-hydrogen) atoms. The Hall–Kier alpha value is -1.85. The van der Waals surface area contributed by atoms with Crippen molar-refractivity contribution in [3.63, 3.8) is 0 Å². The summed E-state index contributed by atoms with van der Waals surface area (Å²) in [5.74, 6) is 2.07. The summed E-state index contributed by atoms with van der Waals surface area (Å²) < 4.78 is 10.7. The molecular formula is C19H20ClNO3S. The van der Waals surface area contributed by atoms with Gasteiger partial charge in [0.25, 0.3) is 5.91 Å². The normalized spacial score (nSPS) is 16.1. The smallest absolute Gasteiger partial charge is 0.252 e. The van der Waals surface area contributed by atoms with Crippen LogP contribution in [0.1, 0.15) is 33.9 Å². The molecule has 0 fully saturated rings. The van der Waals surface area contributed by atoms with E-state index in [1.807, 2.05) is 25.1 Å². The number of ether oxygens (including phenoxy) is 2. The average Bonchev–Trinajstić information content (AvgIpc) is 2.62. The van der Waals surface area contributed by atoms with Gasteiger partial charge in [-0.2, -0.15) is 0 Å². The molecule has 0 saturated heterocycles. The topological polar surface area (TPSA) is 47.6 Å². The molecular weight excluding hydrogens is 358 g/mol. The molecule has 1 N–H and O–H groups in total. The van der Waals surface area contributed by atoms with Crippen LogP contribution in [0.4, 0.5) is 0 Å². The number of hydrogen-bond donors (Lipinski definition) is 1. The fourth-order valence-corrected chi connectivity index (χ4v) is 4.26. The fraction of sp³-hybridized carbons (Fsp3) is 0.316. The van der Waals surface area contributed by atoms with E-state index in [1.165, 1.54) is 4.90 Å². The van der Waals surface area contributed by atoms with Crippen molar-refractivity contribution in [2.24, 2.45) is 0 Å². The summed E-state index contributed by atoms with van der Waals surface area (Å²) in [4.78, 5) is 14.0. The van der Waals surface area contributed by atoms with Crippen molar-refractivity contribution in [2.75, 3.05) is 20.0 Å². The van der Waals surface area contributed by atoms with Gasteiger partial charge in [-0.25, -0.2) is 0 Å². The highest BCUT2D eigenvalue weighted by molar-refractivity contribution is 7.99. The number of thioether (sulfide) groups is 1. The Morgan fingerprint density at radius 3 is 2.52 bits per heavy atom. The molecule has 1 amide bonds. The highest BCUT2D eigenvalue weighted by Crippen LogP contribution is 2.38. The quantitative estimate of drug-likeness (QED) is 0.843. The zero-order valence-corrected chi connectivity index (χ0v) is 16.0. The van der Waals surface area contributed by atoms with Crippen molar-refractivity contribution >= 4 is 29.3 Å². The van der Waals surface area contributed by atoms with Crippen LogP contribution < -0.4 is 14.8 Å². The molecule has 0 saturated carbocycles. The largest absolute Gasteiger partial charge is 0.496 e. The minimum atomic E-state index is -0.153. The summed E-state index contributed by atoms with van der Waals surface area (Å²) in [6.07, 6.45) is 0.865. The summed E-state index contributed by atoms with van der Waals surface area (Å²) in [7, 11) is 3.17. The number of hydrogen-bond acceptors (Lipinski definition) is 4. The third-order valence-corrected chi connectivity index (χ3v) is 5.69. The van der Waals surface area contributed by atoms with Gasteiger partial charge in [0.15, 0.2) is 0 Å². The second-order valence-electron chi connectivity index (χ2n) is 5.85. The average molecular weight is 378 g/mol.